The van der Waals surface area contributed by atoms with Gasteiger partial charge in [-0.1, -0.05) is 23.2 Å². The van der Waals surface area contributed by atoms with Crippen molar-refractivity contribution in [2.24, 2.45) is 5.73 Å². The standard InChI is InChI=1S/C12H12Cl2N4O/c13-8-1-2-10(9(14)5-8)17-12(19)11-6-18(4-3-15)7-16-11/h1-2,5-7H,3-4,15H2,(H,17,19). The summed E-state index contributed by atoms with van der Waals surface area (Å²) in [6.07, 6.45) is 3.19. The molecule has 100 valence electrons. The third kappa shape index (κ3) is 3.47. The molecule has 1 heterocycles. The molecule has 0 aliphatic carbocycles. The maximum Gasteiger partial charge on any atom is 0.275 e. The molecular weight excluding hydrogens is 287 g/mol. The average Bonchev–Trinajstić information content (AvgIpc) is 2.82. The molecule has 0 radical (unpaired) electrons. The highest BCUT2D eigenvalue weighted by Crippen LogP contribution is 2.25. The molecule has 0 bridgehead atoms. The highest BCUT2D eigenvalue weighted by atomic mass is 35.5. The Balaban J connectivity index is 2.11. The van der Waals surface area contributed by atoms with E-state index in [1.807, 2.05) is 0 Å². The lowest BCUT2D eigenvalue weighted by molar-refractivity contribution is 0.102. The first-order valence-electron chi connectivity index (χ1n) is 5.58. The molecular formula is C12H12Cl2N4O. The van der Waals surface area contributed by atoms with Crippen LogP contribution in [0.3, 0.4) is 0 Å². The largest absolute Gasteiger partial charge is 0.335 e. The predicted octanol–water partition coefficient (Wildman–Crippen LogP) is 2.40. The Morgan fingerprint density at radius 3 is 2.89 bits per heavy atom. The van der Waals surface area contributed by atoms with Gasteiger partial charge in [-0.15, -0.1) is 0 Å². The number of amides is 1. The Kier molecular flexibility index (Phi) is 4.42. The van der Waals surface area contributed by atoms with Gasteiger partial charge in [0.2, 0.25) is 0 Å². The lowest BCUT2D eigenvalue weighted by atomic mass is 10.3. The number of anilines is 1. The Bertz CT molecular complexity index is 597. The first-order chi connectivity index (χ1) is 9.10. The fraction of sp³-hybridized carbons (Fsp3) is 0.167. The molecule has 1 amide bonds. The summed E-state index contributed by atoms with van der Waals surface area (Å²) >= 11 is 11.8. The van der Waals surface area contributed by atoms with Gasteiger partial charge in [0.1, 0.15) is 5.69 Å². The summed E-state index contributed by atoms with van der Waals surface area (Å²) in [6, 6.07) is 4.85. The molecule has 7 heteroatoms. The van der Waals surface area contributed by atoms with Gasteiger partial charge in [-0.2, -0.15) is 0 Å². The summed E-state index contributed by atoms with van der Waals surface area (Å²) in [6.45, 7) is 1.10. The van der Waals surface area contributed by atoms with Crippen molar-refractivity contribution in [2.45, 2.75) is 6.54 Å². The monoisotopic (exact) mass is 298 g/mol. The van der Waals surface area contributed by atoms with Crippen LogP contribution in [0.2, 0.25) is 10.0 Å². The van der Waals surface area contributed by atoms with E-state index in [0.717, 1.165) is 0 Å². The number of hydrogen-bond acceptors (Lipinski definition) is 3. The van der Waals surface area contributed by atoms with E-state index in [0.29, 0.717) is 34.5 Å². The fourth-order valence-electron chi connectivity index (χ4n) is 1.53. The molecule has 3 N–H and O–H groups in total. The average molecular weight is 299 g/mol. The van der Waals surface area contributed by atoms with Crippen LogP contribution in [0.15, 0.2) is 30.7 Å². The number of carbonyl (C=O) groups is 1. The topological polar surface area (TPSA) is 72.9 Å². The maximum atomic E-state index is 12.0. The normalized spacial score (nSPS) is 10.5. The lowest BCUT2D eigenvalue weighted by Crippen LogP contribution is -2.13. The molecule has 0 spiro atoms. The number of imidazole rings is 1. The predicted molar refractivity (Wildman–Crippen MR) is 75.7 cm³/mol. The second-order valence-corrected chi connectivity index (χ2v) is 4.71. The van der Waals surface area contributed by atoms with Gasteiger partial charge in [-0.05, 0) is 18.2 Å². The Morgan fingerprint density at radius 2 is 2.21 bits per heavy atom. The minimum Gasteiger partial charge on any atom is -0.335 e. The number of carbonyl (C=O) groups excluding carboxylic acids is 1. The van der Waals surface area contributed by atoms with Crippen molar-refractivity contribution in [3.63, 3.8) is 0 Å². The van der Waals surface area contributed by atoms with E-state index in [2.05, 4.69) is 10.3 Å². The van der Waals surface area contributed by atoms with Crippen LogP contribution in [0.4, 0.5) is 5.69 Å². The third-order valence-corrected chi connectivity index (χ3v) is 2.98. The first kappa shape index (κ1) is 13.9. The zero-order valence-corrected chi connectivity index (χ0v) is 11.4. The number of aromatic nitrogens is 2. The van der Waals surface area contributed by atoms with Gasteiger partial charge in [0.05, 0.1) is 17.0 Å². The van der Waals surface area contributed by atoms with E-state index >= 15 is 0 Å². The Labute approximate surface area is 120 Å². The second kappa shape index (κ2) is 6.06. The van der Waals surface area contributed by atoms with E-state index in [1.54, 1.807) is 35.3 Å². The minimum absolute atomic E-state index is 0.305. The molecule has 2 aromatic rings. The van der Waals surface area contributed by atoms with Crippen LogP contribution in [0.5, 0.6) is 0 Å². The third-order valence-electron chi connectivity index (χ3n) is 2.43. The molecule has 0 aliphatic rings. The van der Waals surface area contributed by atoms with E-state index in [-0.39, 0.29) is 5.91 Å². The van der Waals surface area contributed by atoms with Gasteiger partial charge in [0, 0.05) is 24.3 Å². The number of benzene rings is 1. The quantitative estimate of drug-likeness (QED) is 0.910. The summed E-state index contributed by atoms with van der Waals surface area (Å²) in [5.41, 5.74) is 6.22. The fourth-order valence-corrected chi connectivity index (χ4v) is 1.98. The Morgan fingerprint density at radius 1 is 1.42 bits per heavy atom. The van der Waals surface area contributed by atoms with Crippen molar-refractivity contribution in [2.75, 3.05) is 11.9 Å². The highest BCUT2D eigenvalue weighted by Gasteiger charge is 2.11. The van der Waals surface area contributed by atoms with Gasteiger partial charge in [0.15, 0.2) is 0 Å². The molecule has 0 fully saturated rings. The molecule has 19 heavy (non-hydrogen) atoms. The van der Waals surface area contributed by atoms with Gasteiger partial charge >= 0.3 is 0 Å². The minimum atomic E-state index is -0.333. The summed E-state index contributed by atoms with van der Waals surface area (Å²) < 4.78 is 1.75. The van der Waals surface area contributed by atoms with E-state index in [9.17, 15) is 4.79 Å². The van der Waals surface area contributed by atoms with Crippen molar-refractivity contribution >= 4 is 34.8 Å². The summed E-state index contributed by atoms with van der Waals surface area (Å²) in [4.78, 5) is 16.0. The van der Waals surface area contributed by atoms with Crippen molar-refractivity contribution in [1.82, 2.24) is 9.55 Å². The number of nitrogens with one attached hydrogen (secondary N) is 1. The maximum absolute atomic E-state index is 12.0. The highest BCUT2D eigenvalue weighted by molar-refractivity contribution is 6.36. The number of halogens is 2. The number of nitrogens with zero attached hydrogens (tertiary/aromatic N) is 2. The molecule has 5 nitrogen and oxygen atoms in total. The van der Waals surface area contributed by atoms with E-state index in [4.69, 9.17) is 28.9 Å². The van der Waals surface area contributed by atoms with Crippen molar-refractivity contribution in [1.29, 1.82) is 0 Å². The van der Waals surface area contributed by atoms with Crippen LogP contribution in [-0.2, 0) is 6.54 Å². The van der Waals surface area contributed by atoms with Gasteiger partial charge in [0.25, 0.3) is 5.91 Å². The van der Waals surface area contributed by atoms with Crippen LogP contribution in [0.25, 0.3) is 0 Å². The second-order valence-electron chi connectivity index (χ2n) is 3.86. The molecule has 2 rings (SSSR count). The zero-order valence-electron chi connectivity index (χ0n) is 9.94. The SMILES string of the molecule is NCCn1cnc(C(=O)Nc2ccc(Cl)cc2Cl)c1. The van der Waals surface area contributed by atoms with E-state index < -0.39 is 0 Å². The summed E-state index contributed by atoms with van der Waals surface area (Å²) in [7, 11) is 0. The Hall–Kier alpha value is -1.56. The molecule has 0 saturated carbocycles. The number of hydrogen-bond donors (Lipinski definition) is 2. The molecule has 1 aromatic carbocycles. The smallest absolute Gasteiger partial charge is 0.275 e. The molecule has 0 aliphatic heterocycles. The van der Waals surface area contributed by atoms with Gasteiger partial charge < -0.3 is 15.6 Å². The molecule has 0 unspecified atom stereocenters. The van der Waals surface area contributed by atoms with Crippen molar-refractivity contribution in [3.8, 4) is 0 Å². The van der Waals surface area contributed by atoms with E-state index in [1.165, 1.54) is 0 Å². The van der Waals surface area contributed by atoms with Crippen LogP contribution in [-0.4, -0.2) is 22.0 Å². The molecule has 0 atom stereocenters. The number of rotatable bonds is 4. The number of nitrogens with two attached hydrogens (primary N) is 1. The molecule has 0 saturated heterocycles. The van der Waals surface area contributed by atoms with Crippen LogP contribution in [0, 0.1) is 0 Å². The summed E-state index contributed by atoms with van der Waals surface area (Å²) in [5, 5.41) is 3.56. The van der Waals surface area contributed by atoms with Gasteiger partial charge in [-0.3, -0.25) is 4.79 Å². The molecule has 1 aromatic heterocycles. The van der Waals surface area contributed by atoms with Crippen LogP contribution >= 0.6 is 23.2 Å². The lowest BCUT2D eigenvalue weighted by Gasteiger charge is -2.05. The van der Waals surface area contributed by atoms with Crippen LogP contribution in [0.1, 0.15) is 10.5 Å². The zero-order chi connectivity index (χ0) is 13.8. The summed E-state index contributed by atoms with van der Waals surface area (Å²) in [5.74, 6) is -0.333. The van der Waals surface area contributed by atoms with Crippen molar-refractivity contribution < 1.29 is 4.79 Å². The first-order valence-corrected chi connectivity index (χ1v) is 6.34. The van der Waals surface area contributed by atoms with Crippen LogP contribution < -0.4 is 11.1 Å². The van der Waals surface area contributed by atoms with Gasteiger partial charge in [-0.25, -0.2) is 4.98 Å². The van der Waals surface area contributed by atoms with Crippen molar-refractivity contribution in [3.05, 3.63) is 46.5 Å².